The van der Waals surface area contributed by atoms with Gasteiger partial charge in [-0.25, -0.2) is 9.59 Å². The van der Waals surface area contributed by atoms with Crippen molar-refractivity contribution < 1.29 is 33.1 Å². The molecule has 0 bridgehead atoms. The van der Waals surface area contributed by atoms with Crippen molar-refractivity contribution in [2.45, 2.75) is 51.7 Å². The van der Waals surface area contributed by atoms with Crippen LogP contribution in [0.5, 0.6) is 5.75 Å². The van der Waals surface area contributed by atoms with Gasteiger partial charge >= 0.3 is 12.1 Å². The molecule has 0 saturated heterocycles. The fourth-order valence-electron chi connectivity index (χ4n) is 4.47. The molecule has 0 unspecified atom stereocenters. The number of benzene rings is 2. The van der Waals surface area contributed by atoms with Crippen molar-refractivity contribution in [2.24, 2.45) is 0 Å². The number of rotatable bonds is 12. The number of nitrogens with one attached hydrogen (secondary N) is 2. The second-order valence-electron chi connectivity index (χ2n) is 9.12. The van der Waals surface area contributed by atoms with Crippen LogP contribution in [0.4, 0.5) is 4.79 Å². The SMILES string of the molecule is CCOC(=O)[C@H](CCCCNC(=O)OCc1ccccc1)NC(=O)c1noc2c1CCc1cc(OC)ccc1-2. The minimum Gasteiger partial charge on any atom is -0.497 e. The first-order chi connectivity index (χ1) is 19.0. The van der Waals surface area contributed by atoms with Gasteiger partial charge in [0, 0.05) is 17.7 Å². The lowest BCUT2D eigenvalue weighted by molar-refractivity contribution is -0.145. The zero-order chi connectivity index (χ0) is 27.6. The first-order valence-electron chi connectivity index (χ1n) is 13.1. The molecule has 1 atom stereocenters. The summed E-state index contributed by atoms with van der Waals surface area (Å²) in [5.74, 6) is 0.307. The largest absolute Gasteiger partial charge is 0.497 e. The zero-order valence-electron chi connectivity index (χ0n) is 22.2. The highest BCUT2D eigenvalue weighted by atomic mass is 16.5. The number of hydrogen-bond donors (Lipinski definition) is 2. The van der Waals surface area contributed by atoms with E-state index in [-0.39, 0.29) is 18.9 Å². The molecule has 0 fully saturated rings. The number of aromatic nitrogens is 1. The number of methoxy groups -OCH3 is 1. The first kappa shape index (κ1) is 27.7. The predicted octanol–water partition coefficient (Wildman–Crippen LogP) is 4.21. The Labute approximate surface area is 227 Å². The van der Waals surface area contributed by atoms with Gasteiger partial charge in [-0.15, -0.1) is 0 Å². The molecule has 10 nitrogen and oxygen atoms in total. The molecule has 0 saturated carbocycles. The quantitative estimate of drug-likeness (QED) is 0.261. The summed E-state index contributed by atoms with van der Waals surface area (Å²) in [7, 11) is 1.62. The number of amides is 2. The van der Waals surface area contributed by atoms with E-state index in [9.17, 15) is 14.4 Å². The van der Waals surface area contributed by atoms with Gasteiger partial charge in [0.25, 0.3) is 5.91 Å². The highest BCUT2D eigenvalue weighted by Gasteiger charge is 2.30. The van der Waals surface area contributed by atoms with Crippen molar-refractivity contribution in [1.82, 2.24) is 15.8 Å². The number of aryl methyl sites for hydroxylation is 1. The molecule has 1 heterocycles. The van der Waals surface area contributed by atoms with Crippen molar-refractivity contribution in [2.75, 3.05) is 20.3 Å². The van der Waals surface area contributed by atoms with Gasteiger partial charge in [0.05, 0.1) is 13.7 Å². The standard InChI is InChI=1S/C29H33N3O7/c1-3-37-28(34)24(11-7-8-16-30-29(35)38-18-19-9-5-4-6-10-19)31-27(33)25-23-14-12-20-17-21(36-2)13-15-22(20)26(23)39-32-25/h4-6,9-10,13,15,17,24H,3,7-8,11-12,14,16,18H2,1-2H3,(H,30,35)(H,31,33)/t24-/m0/s1. The lowest BCUT2D eigenvalue weighted by Gasteiger charge is -2.18. The number of alkyl carbamates (subject to hydrolysis) is 1. The maximum Gasteiger partial charge on any atom is 0.407 e. The Hall–Kier alpha value is -4.34. The lowest BCUT2D eigenvalue weighted by atomic mass is 9.89. The molecule has 2 N–H and O–H groups in total. The molecule has 0 radical (unpaired) electrons. The van der Waals surface area contributed by atoms with Crippen LogP contribution in [0.15, 0.2) is 53.1 Å². The number of esters is 1. The minimum atomic E-state index is -0.852. The first-order valence-corrected chi connectivity index (χ1v) is 13.1. The van der Waals surface area contributed by atoms with Crippen LogP contribution in [0.3, 0.4) is 0 Å². The van der Waals surface area contributed by atoms with Gasteiger partial charge in [0.1, 0.15) is 18.4 Å². The van der Waals surface area contributed by atoms with E-state index in [0.29, 0.717) is 50.0 Å². The van der Waals surface area contributed by atoms with E-state index in [1.807, 2.05) is 48.5 Å². The Kier molecular flexibility index (Phi) is 9.55. The number of hydrogen-bond acceptors (Lipinski definition) is 8. The number of ether oxygens (including phenoxy) is 3. The highest BCUT2D eigenvalue weighted by Crippen LogP contribution is 2.37. The predicted molar refractivity (Wildman–Crippen MR) is 142 cm³/mol. The van der Waals surface area contributed by atoms with Crippen molar-refractivity contribution in [3.63, 3.8) is 0 Å². The monoisotopic (exact) mass is 535 g/mol. The Morgan fingerprint density at radius 2 is 1.87 bits per heavy atom. The van der Waals surface area contributed by atoms with E-state index < -0.39 is 24.0 Å². The van der Waals surface area contributed by atoms with Crippen LogP contribution in [-0.4, -0.2) is 49.4 Å². The second-order valence-corrected chi connectivity index (χ2v) is 9.12. The van der Waals surface area contributed by atoms with E-state index in [4.69, 9.17) is 18.7 Å². The van der Waals surface area contributed by atoms with Crippen LogP contribution in [0, 0.1) is 0 Å². The van der Waals surface area contributed by atoms with Crippen LogP contribution in [0.2, 0.25) is 0 Å². The average molecular weight is 536 g/mol. The van der Waals surface area contributed by atoms with Gasteiger partial charge in [-0.2, -0.15) is 0 Å². The molecule has 206 valence electrons. The van der Waals surface area contributed by atoms with Crippen LogP contribution < -0.4 is 15.4 Å². The fourth-order valence-corrected chi connectivity index (χ4v) is 4.47. The Bertz CT molecular complexity index is 1290. The van der Waals surface area contributed by atoms with Crippen molar-refractivity contribution >= 4 is 18.0 Å². The third kappa shape index (κ3) is 7.16. The molecule has 3 aromatic rings. The average Bonchev–Trinajstić information content (AvgIpc) is 3.40. The maximum absolute atomic E-state index is 13.1. The summed E-state index contributed by atoms with van der Waals surface area (Å²) in [5, 5.41) is 9.50. The van der Waals surface area contributed by atoms with Gasteiger partial charge in [-0.05, 0) is 68.4 Å². The van der Waals surface area contributed by atoms with E-state index >= 15 is 0 Å². The summed E-state index contributed by atoms with van der Waals surface area (Å²) < 4.78 is 21.2. The molecule has 1 aliphatic rings. The lowest BCUT2D eigenvalue weighted by Crippen LogP contribution is -2.42. The van der Waals surface area contributed by atoms with E-state index in [1.54, 1.807) is 14.0 Å². The maximum atomic E-state index is 13.1. The van der Waals surface area contributed by atoms with E-state index in [1.165, 1.54) is 0 Å². The smallest absolute Gasteiger partial charge is 0.407 e. The minimum absolute atomic E-state index is 0.170. The van der Waals surface area contributed by atoms with E-state index in [0.717, 1.165) is 22.4 Å². The number of carbonyl (C=O) groups is 3. The molecular formula is C29H33N3O7. The summed E-state index contributed by atoms with van der Waals surface area (Å²) in [6, 6.07) is 14.2. The summed E-state index contributed by atoms with van der Waals surface area (Å²) in [4.78, 5) is 37.6. The molecule has 0 aliphatic heterocycles. The Balaban J connectivity index is 1.29. The molecular weight excluding hydrogens is 502 g/mol. The summed E-state index contributed by atoms with van der Waals surface area (Å²) in [6.07, 6.45) is 2.28. The van der Waals surface area contributed by atoms with Crippen molar-refractivity contribution in [1.29, 1.82) is 0 Å². The molecule has 2 amide bonds. The van der Waals surface area contributed by atoms with Crippen molar-refractivity contribution in [3.8, 4) is 17.1 Å². The second kappa shape index (κ2) is 13.5. The van der Waals surface area contributed by atoms with Gasteiger partial charge in [0.15, 0.2) is 11.5 Å². The molecule has 0 spiro atoms. The number of fused-ring (bicyclic) bond motifs is 3. The normalized spacial score (nSPS) is 12.5. The third-order valence-corrected chi connectivity index (χ3v) is 6.48. The van der Waals surface area contributed by atoms with Gasteiger partial charge in [-0.1, -0.05) is 35.5 Å². The summed E-state index contributed by atoms with van der Waals surface area (Å²) >= 11 is 0. The molecule has 39 heavy (non-hydrogen) atoms. The van der Waals surface area contributed by atoms with Crippen LogP contribution in [0.25, 0.3) is 11.3 Å². The third-order valence-electron chi connectivity index (χ3n) is 6.48. The van der Waals surface area contributed by atoms with Crippen LogP contribution >= 0.6 is 0 Å². The van der Waals surface area contributed by atoms with Gasteiger partial charge < -0.3 is 29.4 Å². The molecule has 2 aromatic carbocycles. The van der Waals surface area contributed by atoms with E-state index in [2.05, 4.69) is 15.8 Å². The number of nitrogens with zero attached hydrogens (tertiary/aromatic N) is 1. The molecule has 1 aromatic heterocycles. The van der Waals surface area contributed by atoms with Gasteiger partial charge in [-0.3, -0.25) is 4.79 Å². The highest BCUT2D eigenvalue weighted by molar-refractivity contribution is 5.97. The molecule has 1 aliphatic carbocycles. The number of carbonyl (C=O) groups excluding carboxylic acids is 3. The van der Waals surface area contributed by atoms with Crippen LogP contribution in [0.1, 0.15) is 53.4 Å². The fraction of sp³-hybridized carbons (Fsp3) is 0.379. The van der Waals surface area contributed by atoms with Crippen LogP contribution in [-0.2, 0) is 33.7 Å². The topological polar surface area (TPSA) is 129 Å². The Morgan fingerprint density at radius 1 is 1.05 bits per heavy atom. The Morgan fingerprint density at radius 3 is 2.64 bits per heavy atom. The summed E-state index contributed by atoms with van der Waals surface area (Å²) in [6.45, 7) is 2.47. The molecule has 4 rings (SSSR count). The van der Waals surface area contributed by atoms with Gasteiger partial charge in [0.2, 0.25) is 0 Å². The van der Waals surface area contributed by atoms with Crippen molar-refractivity contribution in [3.05, 3.63) is 70.9 Å². The molecule has 10 heteroatoms. The zero-order valence-corrected chi connectivity index (χ0v) is 22.2. The summed E-state index contributed by atoms with van der Waals surface area (Å²) in [5.41, 5.74) is 3.72. The number of unbranched alkanes of at least 4 members (excludes halogenated alkanes) is 1.